The van der Waals surface area contributed by atoms with E-state index < -0.39 is 5.97 Å². The van der Waals surface area contributed by atoms with Crippen molar-refractivity contribution in [1.29, 1.82) is 0 Å². The SMILES string of the molecule is Cc1cccc(CSc2ncncc2C(=O)O)c1. The lowest BCUT2D eigenvalue weighted by molar-refractivity contribution is 0.0691. The summed E-state index contributed by atoms with van der Waals surface area (Å²) in [6.45, 7) is 2.03. The van der Waals surface area contributed by atoms with Crippen molar-refractivity contribution in [1.82, 2.24) is 9.97 Å². The number of benzene rings is 1. The highest BCUT2D eigenvalue weighted by Gasteiger charge is 2.11. The first kappa shape index (κ1) is 12.6. The smallest absolute Gasteiger partial charge is 0.340 e. The maximum absolute atomic E-state index is 11.0. The van der Waals surface area contributed by atoms with Gasteiger partial charge in [-0.25, -0.2) is 14.8 Å². The van der Waals surface area contributed by atoms with Gasteiger partial charge in [0.2, 0.25) is 0 Å². The van der Waals surface area contributed by atoms with Crippen LogP contribution in [0.2, 0.25) is 0 Å². The van der Waals surface area contributed by atoms with Crippen molar-refractivity contribution in [2.75, 3.05) is 0 Å². The topological polar surface area (TPSA) is 63.1 Å². The van der Waals surface area contributed by atoms with Gasteiger partial charge in [-0.05, 0) is 12.5 Å². The molecule has 0 aliphatic heterocycles. The van der Waals surface area contributed by atoms with Crippen molar-refractivity contribution >= 4 is 17.7 Å². The van der Waals surface area contributed by atoms with Crippen molar-refractivity contribution < 1.29 is 9.90 Å². The van der Waals surface area contributed by atoms with Crippen molar-refractivity contribution in [2.24, 2.45) is 0 Å². The maximum atomic E-state index is 11.0. The van der Waals surface area contributed by atoms with Crippen molar-refractivity contribution in [3.05, 3.63) is 53.5 Å². The second-order valence-corrected chi connectivity index (χ2v) is 4.79. The number of carbonyl (C=O) groups is 1. The Morgan fingerprint density at radius 1 is 1.44 bits per heavy atom. The molecule has 2 rings (SSSR count). The number of aryl methyl sites for hydroxylation is 1. The molecule has 0 atom stereocenters. The number of rotatable bonds is 4. The second-order valence-electron chi connectivity index (χ2n) is 3.82. The number of carboxylic acid groups (broad SMARTS) is 1. The Kier molecular flexibility index (Phi) is 3.94. The Bertz CT molecular complexity index is 572. The standard InChI is InChI=1S/C13H12N2O2S/c1-9-3-2-4-10(5-9)7-18-12-11(13(16)17)6-14-8-15-12/h2-6,8H,7H2,1H3,(H,16,17). The fourth-order valence-electron chi connectivity index (χ4n) is 1.53. The summed E-state index contributed by atoms with van der Waals surface area (Å²) < 4.78 is 0. The molecule has 0 radical (unpaired) electrons. The van der Waals surface area contributed by atoms with E-state index in [9.17, 15) is 4.79 Å². The Hall–Kier alpha value is -1.88. The summed E-state index contributed by atoms with van der Waals surface area (Å²) in [7, 11) is 0. The summed E-state index contributed by atoms with van der Waals surface area (Å²) in [4.78, 5) is 18.7. The molecule has 1 heterocycles. The molecule has 2 aromatic rings. The molecular weight excluding hydrogens is 248 g/mol. The maximum Gasteiger partial charge on any atom is 0.340 e. The molecule has 4 nitrogen and oxygen atoms in total. The summed E-state index contributed by atoms with van der Waals surface area (Å²) in [5.74, 6) is -0.304. The first-order valence-corrected chi connectivity index (χ1v) is 6.37. The van der Waals surface area contributed by atoms with E-state index in [1.54, 1.807) is 0 Å². The van der Waals surface area contributed by atoms with Gasteiger partial charge in [-0.1, -0.05) is 29.8 Å². The summed E-state index contributed by atoms with van der Waals surface area (Å²) in [5, 5.41) is 9.51. The fourth-order valence-corrected chi connectivity index (χ4v) is 2.43. The Morgan fingerprint density at radius 2 is 2.28 bits per heavy atom. The number of nitrogens with zero attached hydrogens (tertiary/aromatic N) is 2. The normalized spacial score (nSPS) is 10.3. The molecule has 0 unspecified atom stereocenters. The third-order valence-electron chi connectivity index (χ3n) is 2.36. The van der Waals surface area contributed by atoms with Crippen molar-refractivity contribution in [2.45, 2.75) is 17.7 Å². The molecule has 0 amide bonds. The third kappa shape index (κ3) is 3.07. The predicted octanol–water partition coefficient (Wildman–Crippen LogP) is 2.78. The number of aromatic nitrogens is 2. The Labute approximate surface area is 109 Å². The van der Waals surface area contributed by atoms with Gasteiger partial charge in [0.25, 0.3) is 0 Å². The van der Waals surface area contributed by atoms with E-state index in [1.807, 2.05) is 25.1 Å². The first-order chi connectivity index (χ1) is 8.66. The molecule has 1 N–H and O–H groups in total. The monoisotopic (exact) mass is 260 g/mol. The van der Waals surface area contributed by atoms with Crippen molar-refractivity contribution in [3.63, 3.8) is 0 Å². The molecular formula is C13H12N2O2S. The van der Waals surface area contributed by atoms with Crippen molar-refractivity contribution in [3.8, 4) is 0 Å². The highest BCUT2D eigenvalue weighted by molar-refractivity contribution is 7.98. The van der Waals surface area contributed by atoms with Crippen LogP contribution in [-0.4, -0.2) is 21.0 Å². The number of hydrogen-bond acceptors (Lipinski definition) is 4. The molecule has 0 fully saturated rings. The van der Waals surface area contributed by atoms with Crippen LogP contribution < -0.4 is 0 Å². The van der Waals surface area contributed by atoms with Crippen LogP contribution in [0.3, 0.4) is 0 Å². The lowest BCUT2D eigenvalue weighted by Crippen LogP contribution is -2.01. The lowest BCUT2D eigenvalue weighted by atomic mass is 10.2. The van der Waals surface area contributed by atoms with E-state index >= 15 is 0 Å². The van der Waals surface area contributed by atoms with Crippen LogP contribution in [0.15, 0.2) is 41.8 Å². The lowest BCUT2D eigenvalue weighted by Gasteiger charge is -2.04. The minimum atomic E-state index is -0.998. The van der Waals surface area contributed by atoms with Crippen LogP contribution in [0.25, 0.3) is 0 Å². The quantitative estimate of drug-likeness (QED) is 0.676. The average molecular weight is 260 g/mol. The van der Waals surface area contributed by atoms with E-state index in [0.29, 0.717) is 10.8 Å². The van der Waals surface area contributed by atoms with Crippen LogP contribution in [0.4, 0.5) is 0 Å². The van der Waals surface area contributed by atoms with Crippen LogP contribution >= 0.6 is 11.8 Å². The highest BCUT2D eigenvalue weighted by Crippen LogP contribution is 2.23. The molecule has 0 saturated carbocycles. The summed E-state index contributed by atoms with van der Waals surface area (Å²) in [6, 6.07) is 8.11. The zero-order valence-corrected chi connectivity index (χ0v) is 10.6. The zero-order valence-electron chi connectivity index (χ0n) is 9.83. The largest absolute Gasteiger partial charge is 0.478 e. The van der Waals surface area contributed by atoms with E-state index in [1.165, 1.54) is 29.8 Å². The van der Waals surface area contributed by atoms with E-state index in [0.717, 1.165) is 5.56 Å². The van der Waals surface area contributed by atoms with Crippen LogP contribution in [0.5, 0.6) is 0 Å². The van der Waals surface area contributed by atoms with Gasteiger partial charge in [0.15, 0.2) is 0 Å². The number of hydrogen-bond donors (Lipinski definition) is 1. The number of carboxylic acids is 1. The van der Waals surface area contributed by atoms with E-state index in [-0.39, 0.29) is 5.56 Å². The molecule has 0 bridgehead atoms. The molecule has 0 saturated heterocycles. The molecule has 0 aliphatic carbocycles. The molecule has 18 heavy (non-hydrogen) atoms. The van der Waals surface area contributed by atoms with Gasteiger partial charge in [0.1, 0.15) is 16.9 Å². The Balaban J connectivity index is 2.13. The number of thioether (sulfide) groups is 1. The van der Waals surface area contributed by atoms with Crippen LogP contribution in [0, 0.1) is 6.92 Å². The summed E-state index contributed by atoms with van der Waals surface area (Å²) in [6.07, 6.45) is 2.69. The molecule has 0 aliphatic rings. The third-order valence-corrected chi connectivity index (χ3v) is 3.44. The number of aromatic carboxylic acids is 1. The minimum absolute atomic E-state index is 0.148. The molecule has 0 spiro atoms. The molecule has 92 valence electrons. The predicted molar refractivity (Wildman–Crippen MR) is 69.7 cm³/mol. The first-order valence-electron chi connectivity index (χ1n) is 5.38. The van der Waals surface area contributed by atoms with Gasteiger partial charge in [-0.15, -0.1) is 11.8 Å². The highest BCUT2D eigenvalue weighted by atomic mass is 32.2. The molecule has 1 aromatic heterocycles. The van der Waals surface area contributed by atoms with E-state index in [2.05, 4.69) is 16.0 Å². The second kappa shape index (κ2) is 5.64. The van der Waals surface area contributed by atoms with Gasteiger partial charge in [0.05, 0.1) is 0 Å². The zero-order chi connectivity index (χ0) is 13.0. The van der Waals surface area contributed by atoms with Gasteiger partial charge in [0, 0.05) is 11.9 Å². The Morgan fingerprint density at radius 3 is 3.00 bits per heavy atom. The summed E-state index contributed by atoms with van der Waals surface area (Å²) in [5.41, 5.74) is 2.49. The molecule has 1 aromatic carbocycles. The van der Waals surface area contributed by atoms with E-state index in [4.69, 9.17) is 5.11 Å². The summed E-state index contributed by atoms with van der Waals surface area (Å²) >= 11 is 1.41. The fraction of sp³-hybridized carbons (Fsp3) is 0.154. The average Bonchev–Trinajstić information content (AvgIpc) is 2.37. The van der Waals surface area contributed by atoms with Gasteiger partial charge in [-0.2, -0.15) is 0 Å². The van der Waals surface area contributed by atoms with Crippen LogP contribution in [-0.2, 0) is 5.75 Å². The van der Waals surface area contributed by atoms with Gasteiger partial charge >= 0.3 is 5.97 Å². The minimum Gasteiger partial charge on any atom is -0.478 e. The van der Waals surface area contributed by atoms with Gasteiger partial charge in [-0.3, -0.25) is 0 Å². The van der Waals surface area contributed by atoms with Crippen LogP contribution in [0.1, 0.15) is 21.5 Å². The molecule has 5 heteroatoms. The van der Waals surface area contributed by atoms with Gasteiger partial charge < -0.3 is 5.11 Å².